The van der Waals surface area contributed by atoms with Crippen molar-refractivity contribution >= 4 is 17.3 Å². The molecule has 0 aliphatic carbocycles. The van der Waals surface area contributed by atoms with Gasteiger partial charge in [0.1, 0.15) is 5.75 Å². The number of aromatic hydroxyl groups is 1. The van der Waals surface area contributed by atoms with Crippen molar-refractivity contribution in [3.8, 4) is 16.9 Å². The fourth-order valence-corrected chi connectivity index (χ4v) is 1.90. The Labute approximate surface area is 99.3 Å². The summed E-state index contributed by atoms with van der Waals surface area (Å²) in [5, 5.41) is 9.95. The van der Waals surface area contributed by atoms with E-state index >= 15 is 0 Å². The zero-order chi connectivity index (χ0) is 11.7. The summed E-state index contributed by atoms with van der Waals surface area (Å²) in [6, 6.07) is 10.7. The lowest BCUT2D eigenvalue weighted by Crippen LogP contribution is -1.90. The first-order valence-electron chi connectivity index (χ1n) is 4.93. The van der Waals surface area contributed by atoms with E-state index in [4.69, 9.17) is 17.3 Å². The van der Waals surface area contributed by atoms with Crippen LogP contribution in [0.3, 0.4) is 0 Å². The minimum atomic E-state index is 0.216. The number of aryl methyl sites for hydroxylation is 1. The van der Waals surface area contributed by atoms with Crippen LogP contribution in [0.25, 0.3) is 11.1 Å². The molecule has 0 spiro atoms. The molecule has 0 atom stereocenters. The van der Waals surface area contributed by atoms with E-state index in [0.717, 1.165) is 16.7 Å². The molecule has 3 heteroatoms. The van der Waals surface area contributed by atoms with Crippen LogP contribution in [0.5, 0.6) is 5.75 Å². The highest BCUT2D eigenvalue weighted by Gasteiger charge is 2.08. The Morgan fingerprint density at radius 1 is 1.19 bits per heavy atom. The smallest absolute Gasteiger partial charge is 0.116 e. The molecule has 2 aromatic rings. The number of nitrogen functional groups attached to an aromatic ring is 1. The molecule has 2 aromatic carbocycles. The summed E-state index contributed by atoms with van der Waals surface area (Å²) < 4.78 is 0. The fraction of sp³-hybridized carbons (Fsp3) is 0.0769. The monoisotopic (exact) mass is 233 g/mol. The molecule has 0 aliphatic rings. The second-order valence-electron chi connectivity index (χ2n) is 3.77. The average molecular weight is 234 g/mol. The molecule has 0 saturated heterocycles. The van der Waals surface area contributed by atoms with E-state index in [2.05, 4.69) is 0 Å². The molecule has 0 bridgehead atoms. The number of hydrogen-bond acceptors (Lipinski definition) is 2. The predicted molar refractivity (Wildman–Crippen MR) is 67.7 cm³/mol. The maximum atomic E-state index is 9.43. The Morgan fingerprint density at radius 2 is 1.94 bits per heavy atom. The molecule has 2 nitrogen and oxygen atoms in total. The van der Waals surface area contributed by atoms with Gasteiger partial charge >= 0.3 is 0 Å². The van der Waals surface area contributed by atoms with Gasteiger partial charge in [-0.25, -0.2) is 0 Å². The number of nitrogens with two attached hydrogens (primary N) is 1. The summed E-state index contributed by atoms with van der Waals surface area (Å²) in [6.45, 7) is 1.96. The van der Waals surface area contributed by atoms with Crippen molar-refractivity contribution < 1.29 is 5.11 Å². The third kappa shape index (κ3) is 1.97. The van der Waals surface area contributed by atoms with Gasteiger partial charge in [-0.2, -0.15) is 0 Å². The van der Waals surface area contributed by atoms with Crippen LogP contribution in [0.4, 0.5) is 5.69 Å². The predicted octanol–water partition coefficient (Wildman–Crippen LogP) is 3.60. The quantitative estimate of drug-likeness (QED) is 0.740. The number of phenols is 1. The summed E-state index contributed by atoms with van der Waals surface area (Å²) in [5.74, 6) is 0.216. The van der Waals surface area contributed by atoms with E-state index in [1.807, 2.05) is 25.1 Å². The normalized spacial score (nSPS) is 10.4. The van der Waals surface area contributed by atoms with E-state index < -0.39 is 0 Å². The number of rotatable bonds is 1. The third-order valence-corrected chi connectivity index (χ3v) is 2.82. The van der Waals surface area contributed by atoms with Crippen molar-refractivity contribution in [2.45, 2.75) is 6.92 Å². The molecule has 82 valence electrons. The first kappa shape index (κ1) is 10.8. The molecule has 0 radical (unpaired) electrons. The average Bonchev–Trinajstić information content (AvgIpc) is 2.23. The van der Waals surface area contributed by atoms with E-state index in [1.165, 1.54) is 0 Å². The van der Waals surface area contributed by atoms with Crippen molar-refractivity contribution in [1.82, 2.24) is 0 Å². The Morgan fingerprint density at radius 3 is 2.62 bits per heavy atom. The highest BCUT2D eigenvalue weighted by atomic mass is 35.5. The Balaban J connectivity index is 2.64. The van der Waals surface area contributed by atoms with Gasteiger partial charge in [-0.3, -0.25) is 0 Å². The van der Waals surface area contributed by atoms with E-state index in [-0.39, 0.29) is 5.75 Å². The minimum Gasteiger partial charge on any atom is -0.508 e. The number of phenolic OH excluding ortho intramolecular Hbond substituents is 1. The lowest BCUT2D eigenvalue weighted by Gasteiger charge is -2.09. The maximum Gasteiger partial charge on any atom is 0.116 e. The second kappa shape index (κ2) is 4.06. The summed E-state index contributed by atoms with van der Waals surface area (Å²) in [6.07, 6.45) is 0. The first-order chi connectivity index (χ1) is 7.58. The maximum absolute atomic E-state index is 9.43. The molecule has 0 amide bonds. The number of halogens is 1. The van der Waals surface area contributed by atoms with Crippen LogP contribution in [0.2, 0.25) is 5.02 Å². The van der Waals surface area contributed by atoms with Crippen LogP contribution in [0.15, 0.2) is 36.4 Å². The molecule has 0 fully saturated rings. The van der Waals surface area contributed by atoms with Gasteiger partial charge in [-0.1, -0.05) is 23.7 Å². The van der Waals surface area contributed by atoms with Crippen molar-refractivity contribution in [2.24, 2.45) is 0 Å². The standard InChI is InChI=1S/C13H12ClNO/c1-8-5-11(13(14)12(15)6-8)9-3-2-4-10(16)7-9/h2-7,16H,15H2,1H3. The van der Waals surface area contributed by atoms with Gasteiger partial charge in [0.25, 0.3) is 0 Å². The topological polar surface area (TPSA) is 46.2 Å². The van der Waals surface area contributed by atoms with E-state index in [0.29, 0.717) is 10.7 Å². The van der Waals surface area contributed by atoms with E-state index in [1.54, 1.807) is 18.2 Å². The van der Waals surface area contributed by atoms with Gasteiger partial charge < -0.3 is 10.8 Å². The third-order valence-electron chi connectivity index (χ3n) is 2.40. The molecule has 16 heavy (non-hydrogen) atoms. The highest BCUT2D eigenvalue weighted by molar-refractivity contribution is 6.35. The molecular weight excluding hydrogens is 222 g/mol. The highest BCUT2D eigenvalue weighted by Crippen LogP contribution is 2.34. The SMILES string of the molecule is Cc1cc(N)c(Cl)c(-c2cccc(O)c2)c1. The zero-order valence-electron chi connectivity index (χ0n) is 8.87. The minimum absolute atomic E-state index is 0.216. The first-order valence-corrected chi connectivity index (χ1v) is 5.31. The lowest BCUT2D eigenvalue weighted by molar-refractivity contribution is 0.475. The summed E-state index contributed by atoms with van der Waals surface area (Å²) in [4.78, 5) is 0. The second-order valence-corrected chi connectivity index (χ2v) is 4.14. The molecule has 0 saturated carbocycles. The van der Waals surface area contributed by atoms with Crippen LogP contribution in [0.1, 0.15) is 5.56 Å². The summed E-state index contributed by atoms with van der Waals surface area (Å²) in [5.41, 5.74) is 9.10. The molecule has 2 rings (SSSR count). The van der Waals surface area contributed by atoms with Gasteiger partial charge in [0, 0.05) is 5.56 Å². The Hall–Kier alpha value is -1.67. The van der Waals surface area contributed by atoms with Gasteiger partial charge in [0.2, 0.25) is 0 Å². The Kier molecular flexibility index (Phi) is 2.75. The number of anilines is 1. The number of hydrogen-bond donors (Lipinski definition) is 2. The fourth-order valence-electron chi connectivity index (χ4n) is 1.68. The number of benzene rings is 2. The zero-order valence-corrected chi connectivity index (χ0v) is 9.62. The van der Waals surface area contributed by atoms with E-state index in [9.17, 15) is 5.11 Å². The lowest BCUT2D eigenvalue weighted by atomic mass is 10.0. The van der Waals surface area contributed by atoms with Crippen LogP contribution in [0, 0.1) is 6.92 Å². The van der Waals surface area contributed by atoms with Gasteiger partial charge in [-0.15, -0.1) is 0 Å². The molecule has 0 aromatic heterocycles. The van der Waals surface area contributed by atoms with Crippen molar-refractivity contribution in [1.29, 1.82) is 0 Å². The molecule has 0 heterocycles. The Bertz CT molecular complexity index is 537. The van der Waals surface area contributed by atoms with Crippen LogP contribution in [-0.2, 0) is 0 Å². The largest absolute Gasteiger partial charge is 0.508 e. The summed E-state index contributed by atoms with van der Waals surface area (Å²) >= 11 is 6.15. The van der Waals surface area contributed by atoms with Crippen molar-refractivity contribution in [2.75, 3.05) is 5.73 Å². The van der Waals surface area contributed by atoms with Crippen molar-refractivity contribution in [3.63, 3.8) is 0 Å². The molecule has 0 aliphatic heterocycles. The van der Waals surface area contributed by atoms with Crippen molar-refractivity contribution in [3.05, 3.63) is 47.0 Å². The molecule has 3 N–H and O–H groups in total. The molecular formula is C13H12ClNO. The van der Waals surface area contributed by atoms with Gasteiger partial charge in [0.05, 0.1) is 10.7 Å². The molecule has 0 unspecified atom stereocenters. The van der Waals surface area contributed by atoms with Crippen LogP contribution >= 0.6 is 11.6 Å². The van der Waals surface area contributed by atoms with Crippen LogP contribution < -0.4 is 5.73 Å². The van der Waals surface area contributed by atoms with Gasteiger partial charge in [0.15, 0.2) is 0 Å². The van der Waals surface area contributed by atoms with Gasteiger partial charge in [-0.05, 0) is 42.3 Å². The van der Waals surface area contributed by atoms with Crippen LogP contribution in [-0.4, -0.2) is 5.11 Å². The summed E-state index contributed by atoms with van der Waals surface area (Å²) in [7, 11) is 0.